The summed E-state index contributed by atoms with van der Waals surface area (Å²) in [7, 11) is -3.63. The maximum absolute atomic E-state index is 13.1. The van der Waals surface area contributed by atoms with Gasteiger partial charge in [-0.2, -0.15) is 4.31 Å². The maximum atomic E-state index is 13.1. The number of carbonyl (C=O) groups excluding carboxylic acids is 1. The van der Waals surface area contributed by atoms with Crippen molar-refractivity contribution in [3.8, 4) is 5.75 Å². The van der Waals surface area contributed by atoms with Crippen molar-refractivity contribution in [2.24, 2.45) is 5.92 Å². The summed E-state index contributed by atoms with van der Waals surface area (Å²) < 4.78 is 38.8. The Morgan fingerprint density at radius 1 is 1.03 bits per heavy atom. The van der Waals surface area contributed by atoms with Crippen molar-refractivity contribution in [1.82, 2.24) is 14.1 Å². The van der Waals surface area contributed by atoms with Gasteiger partial charge in [0.05, 0.1) is 18.2 Å². The van der Waals surface area contributed by atoms with E-state index in [1.165, 1.54) is 9.87 Å². The predicted octanol–water partition coefficient (Wildman–Crippen LogP) is 4.09. The van der Waals surface area contributed by atoms with E-state index in [1.54, 1.807) is 29.2 Å². The zero-order chi connectivity index (χ0) is 25.5. The molecule has 1 atom stereocenters. The molecule has 0 N–H and O–H groups in total. The summed E-state index contributed by atoms with van der Waals surface area (Å²) in [6.45, 7) is 7.37. The van der Waals surface area contributed by atoms with Gasteiger partial charge >= 0.3 is 6.09 Å². The number of rotatable bonds is 8. The summed E-state index contributed by atoms with van der Waals surface area (Å²) in [5.74, 6) is 0.892. The van der Waals surface area contributed by atoms with Crippen molar-refractivity contribution >= 4 is 27.7 Å². The first-order valence-electron chi connectivity index (χ1n) is 12.5. The van der Waals surface area contributed by atoms with Gasteiger partial charge in [0, 0.05) is 51.7 Å². The molecule has 4 rings (SSSR count). The van der Waals surface area contributed by atoms with Gasteiger partial charge in [-0.1, -0.05) is 35.9 Å². The lowest BCUT2D eigenvalue weighted by Crippen LogP contribution is -2.48. The van der Waals surface area contributed by atoms with Crippen LogP contribution in [0.15, 0.2) is 53.4 Å². The minimum absolute atomic E-state index is 0.117. The van der Waals surface area contributed by atoms with E-state index in [0.717, 1.165) is 38.2 Å². The highest BCUT2D eigenvalue weighted by molar-refractivity contribution is 7.89. The molecule has 8 nitrogen and oxygen atoms in total. The Morgan fingerprint density at radius 3 is 2.44 bits per heavy atom. The molecule has 0 aliphatic carbocycles. The van der Waals surface area contributed by atoms with E-state index in [4.69, 9.17) is 21.1 Å². The second-order valence-corrected chi connectivity index (χ2v) is 11.5. The molecule has 2 heterocycles. The van der Waals surface area contributed by atoms with Gasteiger partial charge in [-0.25, -0.2) is 13.2 Å². The molecule has 0 bridgehead atoms. The van der Waals surface area contributed by atoms with E-state index in [0.29, 0.717) is 39.4 Å². The van der Waals surface area contributed by atoms with Crippen LogP contribution < -0.4 is 4.74 Å². The summed E-state index contributed by atoms with van der Waals surface area (Å²) >= 11 is 6.16. The lowest BCUT2D eigenvalue weighted by atomic mass is 10.0. The summed E-state index contributed by atoms with van der Waals surface area (Å²) in [6, 6.07) is 14.6. The molecule has 10 heteroatoms. The monoisotopic (exact) mass is 535 g/mol. The Hall–Kier alpha value is -2.33. The van der Waals surface area contributed by atoms with Gasteiger partial charge in [0.1, 0.15) is 10.6 Å². The van der Waals surface area contributed by atoms with E-state index < -0.39 is 10.0 Å². The predicted molar refractivity (Wildman–Crippen MR) is 139 cm³/mol. The number of benzene rings is 2. The standard InChI is InChI=1S/C26H34ClN3O5S/c1-2-34-26(31)29-16-14-28(15-17-29)18-21-9-11-23(12-10-21)35-20-22-6-5-13-30(19-22)36(32,33)25-8-4-3-7-24(25)27/h3-4,7-12,22H,2,5-6,13-20H2,1H3. The topological polar surface area (TPSA) is 79.4 Å². The maximum Gasteiger partial charge on any atom is 0.409 e. The van der Waals surface area contributed by atoms with Gasteiger partial charge in [-0.15, -0.1) is 0 Å². The quantitative estimate of drug-likeness (QED) is 0.506. The Kier molecular flexibility index (Phi) is 9.11. The van der Waals surface area contributed by atoms with Crippen molar-refractivity contribution in [2.75, 3.05) is 52.5 Å². The zero-order valence-electron chi connectivity index (χ0n) is 20.6. The summed E-state index contributed by atoms with van der Waals surface area (Å²) in [5, 5.41) is 0.247. The van der Waals surface area contributed by atoms with Crippen LogP contribution in [0.2, 0.25) is 5.02 Å². The first-order valence-corrected chi connectivity index (χ1v) is 14.3. The average Bonchev–Trinajstić information content (AvgIpc) is 2.89. The number of hydrogen-bond donors (Lipinski definition) is 0. The largest absolute Gasteiger partial charge is 0.493 e. The minimum Gasteiger partial charge on any atom is -0.493 e. The molecule has 0 aromatic heterocycles. The van der Waals surface area contributed by atoms with Crippen LogP contribution in [-0.4, -0.2) is 81.1 Å². The van der Waals surface area contributed by atoms with Crippen LogP contribution >= 0.6 is 11.6 Å². The third-order valence-electron chi connectivity index (χ3n) is 6.65. The fraction of sp³-hybridized carbons (Fsp3) is 0.500. The van der Waals surface area contributed by atoms with Crippen molar-refractivity contribution in [2.45, 2.75) is 31.2 Å². The second-order valence-electron chi connectivity index (χ2n) is 9.22. The number of piperidine rings is 1. The van der Waals surface area contributed by atoms with E-state index >= 15 is 0 Å². The number of amides is 1. The molecule has 2 aromatic carbocycles. The van der Waals surface area contributed by atoms with Crippen molar-refractivity contribution in [1.29, 1.82) is 0 Å². The molecule has 2 fully saturated rings. The Bertz CT molecular complexity index is 1120. The van der Waals surface area contributed by atoms with E-state index in [2.05, 4.69) is 17.0 Å². The molecule has 1 amide bonds. The lowest BCUT2D eigenvalue weighted by molar-refractivity contribution is 0.0778. The number of ether oxygens (including phenoxy) is 2. The molecular weight excluding hydrogens is 502 g/mol. The van der Waals surface area contributed by atoms with Crippen LogP contribution in [-0.2, 0) is 21.3 Å². The highest BCUT2D eigenvalue weighted by Crippen LogP contribution is 2.28. The van der Waals surface area contributed by atoms with E-state index in [9.17, 15) is 13.2 Å². The number of halogens is 1. The first kappa shape index (κ1) is 26.7. The molecule has 0 saturated carbocycles. The number of nitrogens with zero attached hydrogens (tertiary/aromatic N) is 3. The van der Waals surface area contributed by atoms with E-state index in [-0.39, 0.29) is 21.9 Å². The fourth-order valence-electron chi connectivity index (χ4n) is 4.64. The summed E-state index contributed by atoms with van der Waals surface area (Å²) in [5.41, 5.74) is 1.18. The second kappa shape index (κ2) is 12.3. The van der Waals surface area contributed by atoms with Crippen LogP contribution in [0.25, 0.3) is 0 Å². The fourth-order valence-corrected chi connectivity index (χ4v) is 6.69. The number of sulfonamides is 1. The normalized spacial score (nSPS) is 19.7. The number of hydrogen-bond acceptors (Lipinski definition) is 6. The minimum atomic E-state index is -3.63. The molecule has 2 aliphatic heterocycles. The van der Waals surface area contributed by atoms with Gasteiger partial charge < -0.3 is 14.4 Å². The van der Waals surface area contributed by atoms with Crippen LogP contribution in [0.3, 0.4) is 0 Å². The molecule has 0 radical (unpaired) electrons. The molecule has 36 heavy (non-hydrogen) atoms. The molecule has 0 spiro atoms. The summed E-state index contributed by atoms with van der Waals surface area (Å²) in [4.78, 5) is 16.1. The van der Waals surface area contributed by atoms with Gasteiger partial charge in [0.25, 0.3) is 0 Å². The van der Waals surface area contributed by atoms with Gasteiger partial charge in [0.15, 0.2) is 0 Å². The first-order chi connectivity index (χ1) is 17.4. The third-order valence-corrected chi connectivity index (χ3v) is 9.01. The Balaban J connectivity index is 1.25. The van der Waals surface area contributed by atoms with Crippen molar-refractivity contribution < 1.29 is 22.7 Å². The highest BCUT2D eigenvalue weighted by Gasteiger charge is 2.31. The van der Waals surface area contributed by atoms with Crippen LogP contribution in [0, 0.1) is 5.92 Å². The summed E-state index contributed by atoms with van der Waals surface area (Å²) in [6.07, 6.45) is 1.48. The van der Waals surface area contributed by atoms with E-state index in [1.807, 2.05) is 19.1 Å². The molecular formula is C26H34ClN3O5S. The Labute approximate surface area is 218 Å². The van der Waals surface area contributed by atoms with Crippen LogP contribution in [0.4, 0.5) is 4.79 Å². The zero-order valence-corrected chi connectivity index (χ0v) is 22.2. The highest BCUT2D eigenvalue weighted by atomic mass is 35.5. The molecule has 2 saturated heterocycles. The smallest absolute Gasteiger partial charge is 0.409 e. The van der Waals surface area contributed by atoms with Gasteiger partial charge in [0.2, 0.25) is 10.0 Å². The SMILES string of the molecule is CCOC(=O)N1CCN(Cc2ccc(OCC3CCCN(S(=O)(=O)c4ccccc4Cl)C3)cc2)CC1. The van der Waals surface area contributed by atoms with Gasteiger partial charge in [-0.05, 0) is 49.6 Å². The van der Waals surface area contributed by atoms with Crippen LogP contribution in [0.5, 0.6) is 5.75 Å². The molecule has 1 unspecified atom stereocenters. The van der Waals surface area contributed by atoms with Gasteiger partial charge in [-0.3, -0.25) is 4.90 Å². The molecule has 196 valence electrons. The van der Waals surface area contributed by atoms with Crippen LogP contribution in [0.1, 0.15) is 25.3 Å². The Morgan fingerprint density at radius 2 is 1.75 bits per heavy atom. The average molecular weight is 536 g/mol. The third kappa shape index (κ3) is 6.70. The lowest BCUT2D eigenvalue weighted by Gasteiger charge is -2.34. The number of piperazine rings is 1. The molecule has 2 aliphatic rings. The number of carbonyl (C=O) groups is 1. The molecule has 2 aromatic rings. The van der Waals surface area contributed by atoms with Crippen molar-refractivity contribution in [3.63, 3.8) is 0 Å². The van der Waals surface area contributed by atoms with Crippen molar-refractivity contribution in [3.05, 3.63) is 59.1 Å².